The molecule has 1 aromatic rings. The third-order valence-electron chi connectivity index (χ3n) is 7.68. The summed E-state index contributed by atoms with van der Waals surface area (Å²) >= 11 is 0. The van der Waals surface area contributed by atoms with Gasteiger partial charge in [0.15, 0.2) is 6.29 Å². The van der Waals surface area contributed by atoms with Crippen LogP contribution < -0.4 is 5.01 Å². The lowest BCUT2D eigenvalue weighted by Crippen LogP contribution is -2.66. The summed E-state index contributed by atoms with van der Waals surface area (Å²) in [6.07, 6.45) is 2.02. The number of anilines is 1. The molecule has 1 N–H and O–H groups in total. The van der Waals surface area contributed by atoms with Gasteiger partial charge in [-0.1, -0.05) is 6.07 Å². The summed E-state index contributed by atoms with van der Waals surface area (Å²) in [6, 6.07) is 4.06. The van der Waals surface area contributed by atoms with E-state index >= 15 is 0 Å². The van der Waals surface area contributed by atoms with E-state index in [9.17, 15) is 9.90 Å². The van der Waals surface area contributed by atoms with Crippen LogP contribution in [0.1, 0.15) is 47.4 Å². The van der Waals surface area contributed by atoms with Crippen LogP contribution in [0.5, 0.6) is 0 Å². The van der Waals surface area contributed by atoms with Crippen LogP contribution in [0.4, 0.5) is 5.69 Å². The van der Waals surface area contributed by atoms with Crippen molar-refractivity contribution in [3.63, 3.8) is 0 Å². The number of aliphatic hydroxyl groups is 1. The molecule has 6 nitrogen and oxygen atoms in total. The standard InChI is InChI=1S/C22H30N4O2/c1-12-4-18(13(2)27)20-19(5-12)21(28)23(3)22(24-8-14-6-15(14)9-24)26(20)25-10-16-7-17(16)11-25/h4-5,13-17,22,27H,6-11H2,1-3H3. The van der Waals surface area contributed by atoms with E-state index in [1.165, 1.54) is 12.8 Å². The minimum atomic E-state index is -0.600. The molecule has 2 aliphatic carbocycles. The Morgan fingerprint density at radius 2 is 1.64 bits per heavy atom. The van der Waals surface area contributed by atoms with Gasteiger partial charge in [0.1, 0.15) is 0 Å². The molecule has 0 bridgehead atoms. The summed E-state index contributed by atoms with van der Waals surface area (Å²) in [5.74, 6) is 3.31. The number of nitrogens with zero attached hydrogens (tertiary/aromatic N) is 4. The highest BCUT2D eigenvalue weighted by atomic mass is 16.3. The molecule has 28 heavy (non-hydrogen) atoms. The number of hydrogen-bond donors (Lipinski definition) is 1. The minimum Gasteiger partial charge on any atom is -0.389 e. The molecule has 2 saturated heterocycles. The number of hydrogen-bond acceptors (Lipinski definition) is 5. The first kappa shape index (κ1) is 17.2. The lowest BCUT2D eigenvalue weighted by Gasteiger charge is -2.52. The van der Waals surface area contributed by atoms with E-state index < -0.39 is 6.10 Å². The van der Waals surface area contributed by atoms with Gasteiger partial charge < -0.3 is 10.0 Å². The maximum absolute atomic E-state index is 13.4. The highest BCUT2D eigenvalue weighted by Gasteiger charge is 2.54. The molecule has 3 aliphatic heterocycles. The maximum Gasteiger partial charge on any atom is 0.258 e. The van der Waals surface area contributed by atoms with Crippen molar-refractivity contribution in [3.8, 4) is 0 Å². The zero-order chi connectivity index (χ0) is 19.3. The Kier molecular flexibility index (Phi) is 3.52. The number of piperidine rings is 2. The van der Waals surface area contributed by atoms with Crippen molar-refractivity contribution in [2.75, 3.05) is 38.2 Å². The molecule has 6 atom stereocenters. The smallest absolute Gasteiger partial charge is 0.258 e. The zero-order valence-electron chi connectivity index (χ0n) is 17.0. The average Bonchev–Trinajstić information content (AvgIpc) is 3.50. The van der Waals surface area contributed by atoms with Crippen molar-refractivity contribution in [2.24, 2.45) is 23.7 Å². The first-order chi connectivity index (χ1) is 13.4. The number of hydrazine groups is 1. The molecule has 2 saturated carbocycles. The molecule has 0 spiro atoms. The molecule has 150 valence electrons. The fourth-order valence-corrected chi connectivity index (χ4v) is 5.98. The molecule has 0 aromatic heterocycles. The Morgan fingerprint density at radius 1 is 1.04 bits per heavy atom. The van der Waals surface area contributed by atoms with Crippen molar-refractivity contribution in [3.05, 3.63) is 28.8 Å². The molecule has 6 rings (SSSR count). The monoisotopic (exact) mass is 382 g/mol. The van der Waals surface area contributed by atoms with Crippen LogP contribution in [0.15, 0.2) is 12.1 Å². The van der Waals surface area contributed by atoms with Gasteiger partial charge >= 0.3 is 0 Å². The summed E-state index contributed by atoms with van der Waals surface area (Å²) < 4.78 is 0. The van der Waals surface area contributed by atoms with Gasteiger partial charge in [-0.05, 0) is 62.0 Å². The van der Waals surface area contributed by atoms with Crippen molar-refractivity contribution in [2.45, 2.75) is 39.1 Å². The third kappa shape index (κ3) is 2.41. The number of benzene rings is 1. The Balaban J connectivity index is 1.49. The van der Waals surface area contributed by atoms with Crippen LogP contribution in [0, 0.1) is 30.6 Å². The van der Waals surface area contributed by atoms with E-state index in [-0.39, 0.29) is 12.2 Å². The van der Waals surface area contributed by atoms with Crippen molar-refractivity contribution in [1.82, 2.24) is 14.8 Å². The van der Waals surface area contributed by atoms with E-state index in [0.717, 1.165) is 72.2 Å². The fourth-order valence-electron chi connectivity index (χ4n) is 5.98. The van der Waals surface area contributed by atoms with E-state index in [1.54, 1.807) is 0 Å². The lowest BCUT2D eigenvalue weighted by atomic mass is 9.96. The van der Waals surface area contributed by atoms with E-state index in [4.69, 9.17) is 0 Å². The number of rotatable bonds is 3. The fraction of sp³-hybridized carbons (Fsp3) is 0.682. The summed E-state index contributed by atoms with van der Waals surface area (Å²) in [5.41, 5.74) is 3.59. The number of amides is 1. The molecule has 6 heteroatoms. The van der Waals surface area contributed by atoms with Crippen LogP contribution in [-0.4, -0.2) is 65.3 Å². The average molecular weight is 383 g/mol. The number of carbonyl (C=O) groups excluding carboxylic acids is 1. The van der Waals surface area contributed by atoms with Crippen molar-refractivity contribution < 1.29 is 9.90 Å². The Bertz CT molecular complexity index is 835. The number of aliphatic hydroxyl groups excluding tert-OH is 1. The zero-order valence-corrected chi connectivity index (χ0v) is 17.0. The van der Waals surface area contributed by atoms with E-state index in [2.05, 4.69) is 21.0 Å². The number of fused-ring (bicyclic) bond motifs is 3. The predicted octanol–water partition coefficient (Wildman–Crippen LogP) is 2.04. The second kappa shape index (κ2) is 5.71. The lowest BCUT2D eigenvalue weighted by molar-refractivity contribution is 0.0150. The summed E-state index contributed by atoms with van der Waals surface area (Å²) in [5, 5.41) is 15.4. The van der Waals surface area contributed by atoms with Gasteiger partial charge in [-0.25, -0.2) is 5.01 Å². The Hall–Kier alpha value is -1.63. The molecular formula is C22H30N4O2. The Morgan fingerprint density at radius 3 is 2.25 bits per heavy atom. The molecule has 1 aromatic carbocycles. The van der Waals surface area contributed by atoms with Crippen LogP contribution >= 0.6 is 0 Å². The highest BCUT2D eigenvalue weighted by Crippen LogP contribution is 2.51. The molecule has 6 unspecified atom stereocenters. The van der Waals surface area contributed by atoms with Crippen molar-refractivity contribution >= 4 is 11.6 Å². The first-order valence-electron chi connectivity index (χ1n) is 10.8. The SMILES string of the molecule is Cc1cc2c(c(C(C)O)c1)N(N1CC3CC3C1)C(N1CC3CC3C1)N(C)C2=O. The van der Waals surface area contributed by atoms with E-state index in [1.807, 2.05) is 31.9 Å². The number of aryl methyl sites for hydroxylation is 1. The Labute approximate surface area is 166 Å². The van der Waals surface area contributed by atoms with Crippen molar-refractivity contribution in [1.29, 1.82) is 0 Å². The second-order valence-corrected chi connectivity index (χ2v) is 9.87. The van der Waals surface area contributed by atoms with Gasteiger partial charge in [-0.15, -0.1) is 0 Å². The van der Waals surface area contributed by atoms with E-state index in [0.29, 0.717) is 0 Å². The highest BCUT2D eigenvalue weighted by molar-refractivity contribution is 6.02. The maximum atomic E-state index is 13.4. The number of carbonyl (C=O) groups is 1. The number of likely N-dealkylation sites (tertiary alicyclic amines) is 1. The topological polar surface area (TPSA) is 50.3 Å². The molecule has 5 aliphatic rings. The summed E-state index contributed by atoms with van der Waals surface area (Å²) in [4.78, 5) is 17.8. The first-order valence-corrected chi connectivity index (χ1v) is 10.8. The molecule has 0 radical (unpaired) electrons. The third-order valence-corrected chi connectivity index (χ3v) is 7.68. The van der Waals surface area contributed by atoms with Gasteiger partial charge in [0.05, 0.1) is 17.4 Å². The summed E-state index contributed by atoms with van der Waals surface area (Å²) in [6.45, 7) is 8.12. The second-order valence-electron chi connectivity index (χ2n) is 9.87. The molecule has 4 fully saturated rings. The predicted molar refractivity (Wildman–Crippen MR) is 107 cm³/mol. The molecule has 1 amide bonds. The quantitative estimate of drug-likeness (QED) is 0.867. The molecular weight excluding hydrogens is 352 g/mol. The summed E-state index contributed by atoms with van der Waals surface area (Å²) in [7, 11) is 1.95. The van der Waals surface area contributed by atoms with Gasteiger partial charge in [0.2, 0.25) is 0 Å². The van der Waals surface area contributed by atoms with Gasteiger partial charge in [0, 0.05) is 38.8 Å². The van der Waals surface area contributed by atoms with Crippen LogP contribution in [0.25, 0.3) is 0 Å². The largest absolute Gasteiger partial charge is 0.389 e. The van der Waals surface area contributed by atoms with Crippen LogP contribution in [0.3, 0.4) is 0 Å². The van der Waals surface area contributed by atoms with Gasteiger partial charge in [-0.3, -0.25) is 14.7 Å². The van der Waals surface area contributed by atoms with Gasteiger partial charge in [-0.2, -0.15) is 0 Å². The van der Waals surface area contributed by atoms with Gasteiger partial charge in [0.25, 0.3) is 5.91 Å². The van der Waals surface area contributed by atoms with Crippen LogP contribution in [0.2, 0.25) is 0 Å². The molecule has 3 heterocycles. The minimum absolute atomic E-state index is 0.0757. The van der Waals surface area contributed by atoms with Crippen LogP contribution in [-0.2, 0) is 0 Å². The normalized spacial score (nSPS) is 37.7.